The number of hydrogen-bond acceptors (Lipinski definition) is 4. The number of pyridine rings is 1. The molecule has 1 aliphatic rings. The molecule has 1 fully saturated rings. The van der Waals surface area contributed by atoms with Crippen LogP contribution in [0.5, 0.6) is 0 Å². The van der Waals surface area contributed by atoms with E-state index in [-0.39, 0.29) is 11.5 Å². The van der Waals surface area contributed by atoms with Gasteiger partial charge in [-0.2, -0.15) is 5.10 Å². The topological polar surface area (TPSA) is 74.8 Å². The number of para-hydroxylation sites is 1. The first-order valence-electron chi connectivity index (χ1n) is 7.86. The number of amides is 1. The molecule has 1 N–H and O–H groups in total. The maximum absolute atomic E-state index is 14.0. The van der Waals surface area contributed by atoms with Crippen LogP contribution in [0.25, 0.3) is 10.9 Å². The molecule has 25 heavy (non-hydrogen) atoms. The fourth-order valence-corrected chi connectivity index (χ4v) is 3.10. The predicted molar refractivity (Wildman–Crippen MR) is 86.2 cm³/mol. The molecule has 1 aliphatic heterocycles. The summed E-state index contributed by atoms with van der Waals surface area (Å²) in [6.07, 6.45) is -0.496. The average molecular weight is 343 g/mol. The number of benzene rings is 1. The molecule has 1 aromatic carbocycles. The van der Waals surface area contributed by atoms with Crippen LogP contribution in [-0.2, 0) is 0 Å². The minimum atomic E-state index is -2.98. The van der Waals surface area contributed by atoms with E-state index in [1.807, 2.05) is 18.2 Å². The van der Waals surface area contributed by atoms with Crippen molar-refractivity contribution in [1.82, 2.24) is 25.1 Å². The minimum Gasteiger partial charge on any atom is -0.321 e. The zero-order valence-corrected chi connectivity index (χ0v) is 13.4. The van der Waals surface area contributed by atoms with Gasteiger partial charge in [0.2, 0.25) is 0 Å². The number of nitrogens with one attached hydrogen (secondary N) is 1. The number of nitrogens with zero attached hydrogens (tertiary/aromatic N) is 4. The molecular weight excluding hydrogens is 328 g/mol. The molecule has 0 saturated carbocycles. The maximum atomic E-state index is 14.0. The molecule has 6 nitrogen and oxygen atoms in total. The Bertz CT molecular complexity index is 955. The molecule has 1 saturated heterocycles. The first kappa shape index (κ1) is 15.6. The van der Waals surface area contributed by atoms with Crippen LogP contribution >= 0.6 is 0 Å². The van der Waals surface area contributed by atoms with Crippen molar-refractivity contribution in [3.05, 3.63) is 53.7 Å². The Labute approximate surface area is 141 Å². The van der Waals surface area contributed by atoms with E-state index in [4.69, 9.17) is 0 Å². The summed E-state index contributed by atoms with van der Waals surface area (Å²) >= 11 is 0. The van der Waals surface area contributed by atoms with Crippen LogP contribution in [0.2, 0.25) is 0 Å². The van der Waals surface area contributed by atoms with Gasteiger partial charge in [0.25, 0.3) is 11.8 Å². The van der Waals surface area contributed by atoms with Gasteiger partial charge in [-0.15, -0.1) is 0 Å². The molecule has 8 heteroatoms. The molecule has 1 atom stereocenters. The zero-order chi connectivity index (χ0) is 17.6. The number of alkyl halides is 2. The van der Waals surface area contributed by atoms with E-state index in [0.29, 0.717) is 11.3 Å². The molecule has 3 aromatic rings. The van der Waals surface area contributed by atoms with E-state index in [1.54, 1.807) is 25.1 Å². The molecule has 0 unspecified atom stereocenters. The molecule has 0 radical (unpaired) electrons. The number of likely N-dealkylation sites (tertiary alicyclic amines) is 1. The van der Waals surface area contributed by atoms with Crippen molar-refractivity contribution >= 4 is 16.8 Å². The van der Waals surface area contributed by atoms with Gasteiger partial charge in [0.1, 0.15) is 17.6 Å². The van der Waals surface area contributed by atoms with E-state index in [0.717, 1.165) is 10.3 Å². The Morgan fingerprint density at radius 3 is 2.80 bits per heavy atom. The van der Waals surface area contributed by atoms with Gasteiger partial charge in [0.05, 0.1) is 12.1 Å². The number of aromatic nitrogens is 4. The largest absolute Gasteiger partial charge is 0.321 e. The lowest BCUT2D eigenvalue weighted by molar-refractivity contribution is 0.0117. The number of aryl methyl sites for hydroxylation is 1. The van der Waals surface area contributed by atoms with E-state index in [2.05, 4.69) is 20.2 Å². The average Bonchev–Trinajstić information content (AvgIpc) is 3.16. The summed E-state index contributed by atoms with van der Waals surface area (Å²) < 4.78 is 28.0. The second-order valence-corrected chi connectivity index (χ2v) is 6.18. The maximum Gasteiger partial charge on any atom is 0.273 e. The Hall–Kier alpha value is -2.90. The molecule has 0 spiro atoms. The third kappa shape index (κ3) is 2.84. The van der Waals surface area contributed by atoms with Crippen LogP contribution in [0.1, 0.15) is 34.6 Å². The summed E-state index contributed by atoms with van der Waals surface area (Å²) in [4.78, 5) is 22.4. The lowest BCUT2D eigenvalue weighted by Gasteiger charge is -2.21. The molecule has 128 valence electrons. The van der Waals surface area contributed by atoms with Crippen molar-refractivity contribution in [1.29, 1.82) is 0 Å². The highest BCUT2D eigenvalue weighted by Crippen LogP contribution is 2.40. The highest BCUT2D eigenvalue weighted by atomic mass is 19.3. The number of rotatable bonds is 2. The van der Waals surface area contributed by atoms with E-state index in [1.165, 1.54) is 0 Å². The fourth-order valence-electron chi connectivity index (χ4n) is 3.10. The molecule has 4 rings (SSSR count). The Balaban J connectivity index is 1.70. The molecular formula is C17H15F2N5O. The van der Waals surface area contributed by atoms with Crippen LogP contribution in [0.15, 0.2) is 36.4 Å². The third-order valence-electron chi connectivity index (χ3n) is 4.26. The lowest BCUT2D eigenvalue weighted by atomic mass is 10.1. The smallest absolute Gasteiger partial charge is 0.273 e. The number of hydrogen-bond donors (Lipinski definition) is 1. The van der Waals surface area contributed by atoms with Crippen molar-refractivity contribution in [3.63, 3.8) is 0 Å². The van der Waals surface area contributed by atoms with Gasteiger partial charge < -0.3 is 4.90 Å². The van der Waals surface area contributed by atoms with Crippen molar-refractivity contribution < 1.29 is 13.6 Å². The summed E-state index contributed by atoms with van der Waals surface area (Å²) in [5.74, 6) is -2.81. The molecule has 1 amide bonds. The SMILES string of the molecule is Cc1nc([C@@H]2CC(F)(F)CN2C(=O)c2ccc3ccccc3n2)n[nH]1. The van der Waals surface area contributed by atoms with Crippen molar-refractivity contribution in [3.8, 4) is 0 Å². The van der Waals surface area contributed by atoms with Crippen molar-refractivity contribution in [2.45, 2.75) is 25.3 Å². The monoisotopic (exact) mass is 343 g/mol. The van der Waals surface area contributed by atoms with Crippen molar-refractivity contribution in [2.75, 3.05) is 6.54 Å². The van der Waals surface area contributed by atoms with Gasteiger partial charge >= 0.3 is 0 Å². The standard InChI is InChI=1S/C17H15F2N5O/c1-10-20-15(23-22-10)14-8-17(18,19)9-24(14)16(25)13-7-6-11-4-2-3-5-12(11)21-13/h2-7,14H,8-9H2,1H3,(H,20,22,23)/t14-/m0/s1. The number of halogens is 2. The number of fused-ring (bicyclic) bond motifs is 1. The molecule has 0 aliphatic carbocycles. The van der Waals surface area contributed by atoms with Crippen LogP contribution in [0.4, 0.5) is 8.78 Å². The number of carbonyl (C=O) groups is 1. The van der Waals surface area contributed by atoms with Gasteiger partial charge in [-0.3, -0.25) is 9.89 Å². The first-order valence-corrected chi connectivity index (χ1v) is 7.86. The van der Waals surface area contributed by atoms with Crippen molar-refractivity contribution in [2.24, 2.45) is 0 Å². The highest BCUT2D eigenvalue weighted by molar-refractivity contribution is 5.95. The molecule has 0 bridgehead atoms. The van der Waals surface area contributed by atoms with Crippen LogP contribution < -0.4 is 0 Å². The summed E-state index contributed by atoms with van der Waals surface area (Å²) in [7, 11) is 0. The van der Waals surface area contributed by atoms with Gasteiger partial charge in [0, 0.05) is 11.8 Å². The van der Waals surface area contributed by atoms with Crippen LogP contribution in [-0.4, -0.2) is 43.4 Å². The second-order valence-electron chi connectivity index (χ2n) is 6.18. The third-order valence-corrected chi connectivity index (χ3v) is 4.26. The number of carbonyl (C=O) groups excluding carboxylic acids is 1. The van der Waals surface area contributed by atoms with Gasteiger partial charge in [-0.25, -0.2) is 18.7 Å². The second kappa shape index (κ2) is 5.58. The quantitative estimate of drug-likeness (QED) is 0.776. The van der Waals surface area contributed by atoms with Gasteiger partial charge in [-0.05, 0) is 19.1 Å². The predicted octanol–water partition coefficient (Wildman–Crippen LogP) is 2.88. The number of H-pyrrole nitrogens is 1. The molecule has 3 heterocycles. The van der Waals surface area contributed by atoms with E-state index < -0.39 is 30.8 Å². The molecule has 2 aromatic heterocycles. The lowest BCUT2D eigenvalue weighted by Crippen LogP contribution is -2.33. The van der Waals surface area contributed by atoms with E-state index >= 15 is 0 Å². The highest BCUT2D eigenvalue weighted by Gasteiger charge is 2.49. The summed E-state index contributed by atoms with van der Waals surface area (Å²) in [5.41, 5.74) is 0.776. The Morgan fingerprint density at radius 2 is 2.04 bits per heavy atom. The fraction of sp³-hybridized carbons (Fsp3) is 0.294. The van der Waals surface area contributed by atoms with E-state index in [9.17, 15) is 13.6 Å². The summed E-state index contributed by atoms with van der Waals surface area (Å²) in [6.45, 7) is 1.01. The Kier molecular flexibility index (Phi) is 3.48. The zero-order valence-electron chi connectivity index (χ0n) is 13.4. The van der Waals surface area contributed by atoms with Gasteiger partial charge in [-0.1, -0.05) is 24.3 Å². The van der Waals surface area contributed by atoms with Crippen LogP contribution in [0, 0.1) is 6.92 Å². The number of aromatic amines is 1. The summed E-state index contributed by atoms with van der Waals surface area (Å²) in [6, 6.07) is 9.78. The minimum absolute atomic E-state index is 0.133. The normalized spacial score (nSPS) is 19.5. The Morgan fingerprint density at radius 1 is 1.24 bits per heavy atom. The summed E-state index contributed by atoms with van der Waals surface area (Å²) in [5, 5.41) is 7.47. The van der Waals surface area contributed by atoms with Crippen LogP contribution in [0.3, 0.4) is 0 Å². The first-order chi connectivity index (χ1) is 11.9. The van der Waals surface area contributed by atoms with Gasteiger partial charge in [0.15, 0.2) is 5.82 Å².